The number of methoxy groups -OCH3 is 1. The third kappa shape index (κ3) is 2.38. The van der Waals surface area contributed by atoms with Gasteiger partial charge in [0.1, 0.15) is 0 Å². The fourth-order valence-electron chi connectivity index (χ4n) is 2.93. The minimum atomic E-state index is 0.0845. The van der Waals surface area contributed by atoms with E-state index in [2.05, 4.69) is 0 Å². The molecule has 0 aromatic rings. The Morgan fingerprint density at radius 3 is 2.88 bits per heavy atom. The highest BCUT2D eigenvalue weighted by Crippen LogP contribution is 2.28. The molecule has 4 nitrogen and oxygen atoms in total. The van der Waals surface area contributed by atoms with Crippen molar-refractivity contribution in [3.63, 3.8) is 0 Å². The highest BCUT2D eigenvalue weighted by atomic mass is 16.5. The first-order valence-corrected chi connectivity index (χ1v) is 6.25. The molecule has 1 saturated carbocycles. The summed E-state index contributed by atoms with van der Waals surface area (Å²) >= 11 is 0. The van der Waals surface area contributed by atoms with Gasteiger partial charge in [0.15, 0.2) is 0 Å². The van der Waals surface area contributed by atoms with E-state index in [-0.39, 0.29) is 17.9 Å². The van der Waals surface area contributed by atoms with Gasteiger partial charge in [0.05, 0.1) is 12.5 Å². The summed E-state index contributed by atoms with van der Waals surface area (Å²) in [4.78, 5) is 14.2. The molecule has 0 aromatic carbocycles. The molecule has 0 spiro atoms. The highest BCUT2D eigenvalue weighted by molar-refractivity contribution is 5.80. The summed E-state index contributed by atoms with van der Waals surface area (Å²) < 4.78 is 5.14. The molecule has 0 bridgehead atoms. The first-order valence-electron chi connectivity index (χ1n) is 6.25. The van der Waals surface area contributed by atoms with Crippen molar-refractivity contribution in [2.75, 3.05) is 26.8 Å². The van der Waals surface area contributed by atoms with Crippen molar-refractivity contribution < 1.29 is 9.53 Å². The zero-order valence-corrected chi connectivity index (χ0v) is 10.0. The molecule has 2 fully saturated rings. The first-order chi connectivity index (χ1) is 7.72. The Hall–Kier alpha value is -0.610. The summed E-state index contributed by atoms with van der Waals surface area (Å²) in [6.45, 7) is 2.51. The normalized spacial score (nSPS) is 34.6. The van der Waals surface area contributed by atoms with Crippen molar-refractivity contribution in [2.24, 2.45) is 17.6 Å². The van der Waals surface area contributed by atoms with Gasteiger partial charge in [0, 0.05) is 32.2 Å². The second-order valence-corrected chi connectivity index (χ2v) is 5.10. The fourth-order valence-corrected chi connectivity index (χ4v) is 2.93. The lowest BCUT2D eigenvalue weighted by molar-refractivity contribution is -0.134. The van der Waals surface area contributed by atoms with E-state index in [1.807, 2.05) is 4.90 Å². The predicted octanol–water partition coefficient (Wildman–Crippen LogP) is 0.609. The van der Waals surface area contributed by atoms with Crippen LogP contribution in [0, 0.1) is 11.8 Å². The lowest BCUT2D eigenvalue weighted by atomic mass is 10.0. The van der Waals surface area contributed by atoms with Gasteiger partial charge in [-0.3, -0.25) is 4.79 Å². The predicted molar refractivity (Wildman–Crippen MR) is 61.9 cm³/mol. The SMILES string of the molecule is COCC1CCN(C(=O)C2CCCC2N)C1. The molecule has 3 atom stereocenters. The number of carbonyl (C=O) groups excluding carboxylic acids is 1. The monoisotopic (exact) mass is 226 g/mol. The molecule has 16 heavy (non-hydrogen) atoms. The number of likely N-dealkylation sites (tertiary alicyclic amines) is 1. The average Bonchev–Trinajstić information content (AvgIpc) is 2.87. The van der Waals surface area contributed by atoms with E-state index < -0.39 is 0 Å². The van der Waals surface area contributed by atoms with Crippen molar-refractivity contribution in [1.82, 2.24) is 4.90 Å². The van der Waals surface area contributed by atoms with Gasteiger partial charge < -0.3 is 15.4 Å². The number of hydrogen-bond acceptors (Lipinski definition) is 3. The lowest BCUT2D eigenvalue weighted by Crippen LogP contribution is -2.40. The number of hydrogen-bond donors (Lipinski definition) is 1. The second-order valence-electron chi connectivity index (χ2n) is 5.10. The van der Waals surface area contributed by atoms with Crippen molar-refractivity contribution in [1.29, 1.82) is 0 Å². The molecule has 1 aliphatic carbocycles. The van der Waals surface area contributed by atoms with Crippen LogP contribution in [0.4, 0.5) is 0 Å². The van der Waals surface area contributed by atoms with E-state index in [0.717, 1.165) is 45.4 Å². The van der Waals surface area contributed by atoms with Crippen molar-refractivity contribution in [2.45, 2.75) is 31.7 Å². The van der Waals surface area contributed by atoms with Crippen molar-refractivity contribution in [3.05, 3.63) is 0 Å². The van der Waals surface area contributed by atoms with Crippen LogP contribution in [0.15, 0.2) is 0 Å². The van der Waals surface area contributed by atoms with E-state index in [1.165, 1.54) is 0 Å². The summed E-state index contributed by atoms with van der Waals surface area (Å²) in [7, 11) is 1.72. The van der Waals surface area contributed by atoms with Gasteiger partial charge in [-0.2, -0.15) is 0 Å². The van der Waals surface area contributed by atoms with Gasteiger partial charge in [0.2, 0.25) is 5.91 Å². The molecule has 3 unspecified atom stereocenters. The van der Waals surface area contributed by atoms with Crippen LogP contribution in [0.1, 0.15) is 25.7 Å². The van der Waals surface area contributed by atoms with Crippen LogP contribution in [-0.2, 0) is 9.53 Å². The van der Waals surface area contributed by atoms with Crippen molar-refractivity contribution in [3.8, 4) is 0 Å². The smallest absolute Gasteiger partial charge is 0.227 e. The summed E-state index contributed by atoms with van der Waals surface area (Å²) in [5.41, 5.74) is 5.97. The summed E-state index contributed by atoms with van der Waals surface area (Å²) in [6, 6.07) is 0.0916. The molecule has 0 radical (unpaired) electrons. The lowest BCUT2D eigenvalue weighted by Gasteiger charge is -2.23. The molecule has 0 aromatic heterocycles. The molecule has 2 rings (SSSR count). The van der Waals surface area contributed by atoms with Gasteiger partial charge in [-0.1, -0.05) is 6.42 Å². The van der Waals surface area contributed by atoms with E-state index in [1.54, 1.807) is 7.11 Å². The van der Waals surface area contributed by atoms with Gasteiger partial charge in [0.25, 0.3) is 0 Å². The van der Waals surface area contributed by atoms with E-state index >= 15 is 0 Å². The summed E-state index contributed by atoms with van der Waals surface area (Å²) in [6.07, 6.45) is 4.16. The molecule has 1 aliphatic heterocycles. The standard InChI is InChI=1S/C12H22N2O2/c1-16-8-9-5-6-14(7-9)12(15)10-3-2-4-11(10)13/h9-11H,2-8,13H2,1H3. The second kappa shape index (κ2) is 5.15. The molecule has 1 heterocycles. The van der Waals surface area contributed by atoms with Gasteiger partial charge in [-0.25, -0.2) is 0 Å². The highest BCUT2D eigenvalue weighted by Gasteiger charge is 2.36. The summed E-state index contributed by atoms with van der Waals surface area (Å²) in [5.74, 6) is 0.886. The minimum Gasteiger partial charge on any atom is -0.384 e. The zero-order valence-electron chi connectivity index (χ0n) is 10.0. The average molecular weight is 226 g/mol. The maximum Gasteiger partial charge on any atom is 0.227 e. The number of carbonyl (C=O) groups is 1. The largest absolute Gasteiger partial charge is 0.384 e. The number of nitrogens with zero attached hydrogens (tertiary/aromatic N) is 1. The van der Waals surface area contributed by atoms with Crippen LogP contribution in [0.2, 0.25) is 0 Å². The van der Waals surface area contributed by atoms with E-state index in [4.69, 9.17) is 10.5 Å². The number of rotatable bonds is 3. The Balaban J connectivity index is 1.86. The Bertz CT molecular complexity index is 257. The van der Waals surface area contributed by atoms with Crippen LogP contribution >= 0.6 is 0 Å². The number of nitrogens with two attached hydrogens (primary N) is 1. The molecule has 92 valence electrons. The van der Waals surface area contributed by atoms with E-state index in [0.29, 0.717) is 5.92 Å². The maximum atomic E-state index is 12.2. The third-order valence-corrected chi connectivity index (χ3v) is 3.89. The van der Waals surface area contributed by atoms with E-state index in [9.17, 15) is 4.79 Å². The Morgan fingerprint density at radius 1 is 1.44 bits per heavy atom. The quantitative estimate of drug-likeness (QED) is 0.767. The van der Waals surface area contributed by atoms with Crippen LogP contribution in [-0.4, -0.2) is 43.7 Å². The van der Waals surface area contributed by atoms with Crippen molar-refractivity contribution >= 4 is 5.91 Å². The molecule has 1 amide bonds. The molecular formula is C12H22N2O2. The first kappa shape index (κ1) is 11.9. The number of amides is 1. The topological polar surface area (TPSA) is 55.6 Å². The Labute approximate surface area is 97.1 Å². The maximum absolute atomic E-state index is 12.2. The van der Waals surface area contributed by atoms with Gasteiger partial charge >= 0.3 is 0 Å². The minimum absolute atomic E-state index is 0.0845. The van der Waals surface area contributed by atoms with Gasteiger partial charge in [-0.15, -0.1) is 0 Å². The van der Waals surface area contributed by atoms with Crippen LogP contribution in [0.3, 0.4) is 0 Å². The Morgan fingerprint density at radius 2 is 2.25 bits per heavy atom. The van der Waals surface area contributed by atoms with Crippen LogP contribution < -0.4 is 5.73 Å². The molecular weight excluding hydrogens is 204 g/mol. The third-order valence-electron chi connectivity index (χ3n) is 3.89. The summed E-state index contributed by atoms with van der Waals surface area (Å²) in [5, 5.41) is 0. The van der Waals surface area contributed by atoms with Gasteiger partial charge in [-0.05, 0) is 19.3 Å². The fraction of sp³-hybridized carbons (Fsp3) is 0.917. The molecule has 4 heteroatoms. The van der Waals surface area contributed by atoms with Crippen LogP contribution in [0.25, 0.3) is 0 Å². The molecule has 2 N–H and O–H groups in total. The number of ether oxygens (including phenoxy) is 1. The van der Waals surface area contributed by atoms with Crippen LogP contribution in [0.5, 0.6) is 0 Å². The zero-order chi connectivity index (χ0) is 11.5. The molecule has 1 saturated heterocycles. The molecule has 2 aliphatic rings. The Kier molecular flexibility index (Phi) is 3.82.